The molecule has 1 aromatic carbocycles. The summed E-state index contributed by atoms with van der Waals surface area (Å²) in [4.78, 5) is 29.5. The summed E-state index contributed by atoms with van der Waals surface area (Å²) in [7, 11) is 0. The number of para-hydroxylation sites is 1. The maximum atomic E-state index is 12.9. The summed E-state index contributed by atoms with van der Waals surface area (Å²) in [5, 5.41) is 11.4. The number of benzene rings is 1. The number of rotatable bonds is 5. The van der Waals surface area contributed by atoms with Crippen LogP contribution in [0, 0.1) is 0 Å². The minimum atomic E-state index is -0.322. The number of hydrogen-bond acceptors (Lipinski definition) is 5. The van der Waals surface area contributed by atoms with Crippen LogP contribution in [-0.2, 0) is 4.79 Å². The van der Waals surface area contributed by atoms with E-state index in [1.54, 1.807) is 11.4 Å². The van der Waals surface area contributed by atoms with E-state index in [0.717, 1.165) is 43.4 Å². The lowest BCUT2D eigenvalue weighted by Gasteiger charge is -2.20. The number of thiophene rings is 1. The maximum absolute atomic E-state index is 12.9. The number of nitrogens with one attached hydrogen (secondary N) is 3. The molecule has 3 heterocycles. The van der Waals surface area contributed by atoms with Gasteiger partial charge in [0.1, 0.15) is 0 Å². The van der Waals surface area contributed by atoms with E-state index in [1.807, 2.05) is 22.8 Å². The smallest absolute Gasteiger partial charge is 0.268 e. The van der Waals surface area contributed by atoms with Crippen LogP contribution in [0.3, 0.4) is 0 Å². The molecule has 1 atom stereocenters. The zero-order chi connectivity index (χ0) is 21.1. The fourth-order valence-corrected chi connectivity index (χ4v) is 4.64. The predicted molar refractivity (Wildman–Crippen MR) is 122 cm³/mol. The standard InChI is InChI=1S/C21H22ClN5O2S/c1-2-18(28)24-13-10-17(30-12-13)20(29)26-21-25-16-8-5-7-15(22)19(16)27(21)14-6-3-4-9-23-11-14/h2,5,7-8,10,12,14,23H,1,3-4,6,9,11H2,(H,24,28)(H,25,26,29)/t14-/m1/s1. The van der Waals surface area contributed by atoms with Gasteiger partial charge in [-0.25, -0.2) is 4.98 Å². The van der Waals surface area contributed by atoms with E-state index >= 15 is 0 Å². The summed E-state index contributed by atoms with van der Waals surface area (Å²) in [6.07, 6.45) is 4.37. The first-order valence-electron chi connectivity index (χ1n) is 9.77. The van der Waals surface area contributed by atoms with Crippen LogP contribution in [0.2, 0.25) is 5.02 Å². The third kappa shape index (κ3) is 4.26. The van der Waals surface area contributed by atoms with Gasteiger partial charge in [-0.1, -0.05) is 30.7 Å². The van der Waals surface area contributed by atoms with Crippen molar-refractivity contribution in [2.24, 2.45) is 0 Å². The summed E-state index contributed by atoms with van der Waals surface area (Å²) in [5.74, 6) is -0.132. The zero-order valence-electron chi connectivity index (χ0n) is 16.3. The van der Waals surface area contributed by atoms with Gasteiger partial charge in [0.15, 0.2) is 0 Å². The number of carbonyl (C=O) groups is 2. The van der Waals surface area contributed by atoms with Gasteiger partial charge in [-0.15, -0.1) is 11.3 Å². The van der Waals surface area contributed by atoms with Crippen LogP contribution in [0.5, 0.6) is 0 Å². The summed E-state index contributed by atoms with van der Waals surface area (Å²) >= 11 is 7.76. The summed E-state index contributed by atoms with van der Waals surface area (Å²) in [6, 6.07) is 7.36. The van der Waals surface area contributed by atoms with Crippen molar-refractivity contribution in [3.05, 3.63) is 52.2 Å². The molecule has 2 aromatic heterocycles. The second kappa shape index (κ2) is 8.99. The van der Waals surface area contributed by atoms with E-state index in [-0.39, 0.29) is 17.9 Å². The molecular formula is C21H22ClN5O2S. The van der Waals surface area contributed by atoms with Crippen LogP contribution in [-0.4, -0.2) is 34.5 Å². The van der Waals surface area contributed by atoms with Crippen molar-refractivity contribution in [3.8, 4) is 0 Å². The van der Waals surface area contributed by atoms with E-state index in [4.69, 9.17) is 11.6 Å². The Bertz CT molecular complexity index is 1100. The van der Waals surface area contributed by atoms with E-state index < -0.39 is 0 Å². The van der Waals surface area contributed by atoms with Gasteiger partial charge in [0.05, 0.1) is 26.6 Å². The Morgan fingerprint density at radius 3 is 3.03 bits per heavy atom. The lowest BCUT2D eigenvalue weighted by Crippen LogP contribution is -2.25. The van der Waals surface area contributed by atoms with E-state index in [2.05, 4.69) is 27.5 Å². The highest BCUT2D eigenvalue weighted by atomic mass is 35.5. The molecule has 2 amide bonds. The molecule has 0 spiro atoms. The Hall–Kier alpha value is -2.68. The van der Waals surface area contributed by atoms with Crippen LogP contribution in [0.25, 0.3) is 11.0 Å². The molecule has 0 bridgehead atoms. The lowest BCUT2D eigenvalue weighted by molar-refractivity contribution is -0.111. The van der Waals surface area contributed by atoms with Gasteiger partial charge in [0, 0.05) is 18.0 Å². The molecule has 0 saturated carbocycles. The molecule has 30 heavy (non-hydrogen) atoms. The average Bonchev–Trinajstić information content (AvgIpc) is 3.24. The van der Waals surface area contributed by atoms with Gasteiger partial charge in [0.25, 0.3) is 5.91 Å². The number of hydrogen-bond donors (Lipinski definition) is 3. The first-order valence-corrected chi connectivity index (χ1v) is 11.0. The quantitative estimate of drug-likeness (QED) is 0.508. The second-order valence-corrected chi connectivity index (χ2v) is 8.43. The van der Waals surface area contributed by atoms with Crippen LogP contribution < -0.4 is 16.0 Å². The average molecular weight is 444 g/mol. The first kappa shape index (κ1) is 20.6. The molecule has 1 saturated heterocycles. The van der Waals surface area contributed by atoms with Crippen molar-refractivity contribution < 1.29 is 9.59 Å². The van der Waals surface area contributed by atoms with Gasteiger partial charge in [-0.3, -0.25) is 14.9 Å². The van der Waals surface area contributed by atoms with Crippen molar-refractivity contribution >= 4 is 57.4 Å². The van der Waals surface area contributed by atoms with Gasteiger partial charge in [0.2, 0.25) is 11.9 Å². The number of halogens is 1. The van der Waals surface area contributed by atoms with Crippen molar-refractivity contribution in [3.63, 3.8) is 0 Å². The van der Waals surface area contributed by atoms with E-state index in [1.165, 1.54) is 17.4 Å². The Kier molecular flexibility index (Phi) is 6.17. The van der Waals surface area contributed by atoms with Crippen molar-refractivity contribution in [1.29, 1.82) is 0 Å². The molecule has 1 fully saturated rings. The van der Waals surface area contributed by atoms with Crippen LogP contribution in [0.15, 0.2) is 42.3 Å². The Balaban J connectivity index is 1.66. The van der Waals surface area contributed by atoms with Crippen molar-refractivity contribution in [1.82, 2.24) is 14.9 Å². The molecule has 9 heteroatoms. The molecule has 4 rings (SSSR count). The number of fused-ring (bicyclic) bond motifs is 1. The van der Waals surface area contributed by atoms with Gasteiger partial charge >= 0.3 is 0 Å². The summed E-state index contributed by atoms with van der Waals surface area (Å²) in [5.41, 5.74) is 2.13. The van der Waals surface area contributed by atoms with E-state index in [9.17, 15) is 9.59 Å². The molecule has 0 aliphatic carbocycles. The topological polar surface area (TPSA) is 88.1 Å². The molecule has 1 aliphatic heterocycles. The highest BCUT2D eigenvalue weighted by molar-refractivity contribution is 7.12. The highest BCUT2D eigenvalue weighted by Crippen LogP contribution is 2.33. The maximum Gasteiger partial charge on any atom is 0.268 e. The molecule has 0 radical (unpaired) electrons. The molecule has 3 aromatic rings. The minimum absolute atomic E-state index is 0.137. The SMILES string of the molecule is C=CC(=O)Nc1csc(C(=O)Nc2nc3cccc(Cl)c3n2[C@@H]2CCCCNC2)c1. The second-order valence-electron chi connectivity index (χ2n) is 7.11. The number of amides is 2. The fraction of sp³-hybridized carbons (Fsp3) is 0.286. The largest absolute Gasteiger partial charge is 0.322 e. The van der Waals surface area contributed by atoms with Gasteiger partial charge < -0.3 is 15.2 Å². The van der Waals surface area contributed by atoms with Crippen molar-refractivity contribution in [2.45, 2.75) is 25.3 Å². The van der Waals surface area contributed by atoms with E-state index in [0.29, 0.717) is 21.5 Å². The zero-order valence-corrected chi connectivity index (χ0v) is 17.9. The van der Waals surface area contributed by atoms with Gasteiger partial charge in [-0.2, -0.15) is 0 Å². The fourth-order valence-electron chi connectivity index (χ4n) is 3.65. The highest BCUT2D eigenvalue weighted by Gasteiger charge is 2.24. The Morgan fingerprint density at radius 2 is 2.20 bits per heavy atom. The Labute approximate surface area is 183 Å². The minimum Gasteiger partial charge on any atom is -0.322 e. The number of nitrogens with zero attached hydrogens (tertiary/aromatic N) is 2. The first-order chi connectivity index (χ1) is 14.6. The van der Waals surface area contributed by atoms with Crippen LogP contribution in [0.4, 0.5) is 11.6 Å². The molecule has 0 unspecified atom stereocenters. The van der Waals surface area contributed by atoms with Crippen molar-refractivity contribution in [2.75, 3.05) is 23.7 Å². The summed E-state index contributed by atoms with van der Waals surface area (Å²) < 4.78 is 2.04. The summed E-state index contributed by atoms with van der Waals surface area (Å²) in [6.45, 7) is 5.20. The lowest BCUT2D eigenvalue weighted by atomic mass is 10.1. The number of imidazole rings is 1. The van der Waals surface area contributed by atoms with Gasteiger partial charge in [-0.05, 0) is 43.7 Å². The molecule has 7 nitrogen and oxygen atoms in total. The monoisotopic (exact) mass is 443 g/mol. The number of aromatic nitrogens is 2. The third-order valence-electron chi connectivity index (χ3n) is 5.05. The normalized spacial score (nSPS) is 16.8. The molecule has 1 aliphatic rings. The Morgan fingerprint density at radius 1 is 1.33 bits per heavy atom. The molecular weight excluding hydrogens is 422 g/mol. The predicted octanol–water partition coefficient (Wildman–Crippen LogP) is 4.44. The number of carbonyl (C=O) groups excluding carboxylic acids is 2. The molecule has 3 N–H and O–H groups in total. The van der Waals surface area contributed by atoms with Crippen LogP contribution >= 0.6 is 22.9 Å². The van der Waals surface area contributed by atoms with Crippen LogP contribution in [0.1, 0.15) is 35.0 Å². The number of anilines is 2. The molecule has 156 valence electrons. The third-order valence-corrected chi connectivity index (χ3v) is 6.28.